The molecule has 258 valence electrons. The van der Waals surface area contributed by atoms with Crippen LogP contribution in [0.5, 0.6) is 0 Å². The zero-order chi connectivity index (χ0) is 36.4. The Hall–Kier alpha value is -5.30. The second-order valence-electron chi connectivity index (χ2n) is 11.3. The van der Waals surface area contributed by atoms with Crippen LogP contribution in [-0.4, -0.2) is 111 Å². The van der Waals surface area contributed by atoms with Gasteiger partial charge in [0.2, 0.25) is 0 Å². The number of hydrogen-bond acceptors (Lipinski definition) is 10. The van der Waals surface area contributed by atoms with Crippen molar-refractivity contribution in [3.05, 3.63) is 0 Å². The minimum Gasteiger partial charge on any atom is -0.481 e. The van der Waals surface area contributed by atoms with Crippen molar-refractivity contribution >= 4 is 59.7 Å². The lowest BCUT2D eigenvalue weighted by molar-refractivity contribution is -0.178. The van der Waals surface area contributed by atoms with Crippen LogP contribution < -0.4 is 0 Å². The van der Waals surface area contributed by atoms with Crippen LogP contribution in [0.3, 0.4) is 0 Å². The zero-order valence-corrected chi connectivity index (χ0v) is 24.2. The molecule has 0 spiro atoms. The predicted molar refractivity (Wildman–Crippen MR) is 141 cm³/mol. The first kappa shape index (κ1) is 40.7. The maximum Gasteiger partial charge on any atom is 0.310 e. The maximum absolute atomic E-state index is 12.9. The van der Waals surface area contributed by atoms with Gasteiger partial charge >= 0.3 is 59.7 Å². The molecule has 0 radical (unpaired) electrons. The number of rotatable bonds is 24. The van der Waals surface area contributed by atoms with E-state index >= 15 is 0 Å². The van der Waals surface area contributed by atoms with Crippen molar-refractivity contribution in [3.8, 4) is 0 Å². The highest BCUT2D eigenvalue weighted by molar-refractivity contribution is 5.89. The van der Waals surface area contributed by atoms with Crippen molar-refractivity contribution in [1.82, 2.24) is 0 Å². The van der Waals surface area contributed by atoms with Crippen LogP contribution in [0.15, 0.2) is 0 Å². The molecule has 0 aromatic carbocycles. The highest BCUT2D eigenvalue weighted by atomic mass is 16.4. The Morgan fingerprint density at radius 2 is 0.717 bits per heavy atom. The quantitative estimate of drug-likeness (QED) is 0.0662. The molecule has 20 heteroatoms. The van der Waals surface area contributed by atoms with E-state index in [1.807, 2.05) is 0 Å². The molecule has 5 atom stereocenters. The van der Waals surface area contributed by atoms with Crippen molar-refractivity contribution < 1.29 is 99.0 Å². The summed E-state index contributed by atoms with van der Waals surface area (Å²) in [5, 5.41) is 97.6. The molecule has 0 fully saturated rings. The van der Waals surface area contributed by atoms with Crippen molar-refractivity contribution in [2.45, 2.75) is 71.1 Å². The maximum atomic E-state index is 12.9. The molecule has 20 nitrogen and oxygen atoms in total. The highest BCUT2D eigenvalue weighted by Crippen LogP contribution is 2.54. The van der Waals surface area contributed by atoms with Crippen molar-refractivity contribution in [2.24, 2.45) is 27.6 Å². The number of hydrogen-bond donors (Lipinski definition) is 10. The summed E-state index contributed by atoms with van der Waals surface area (Å²) in [5.74, 6) is -22.8. The molecule has 0 rings (SSSR count). The van der Waals surface area contributed by atoms with Crippen LogP contribution in [0.4, 0.5) is 0 Å². The second kappa shape index (κ2) is 15.6. The molecule has 0 aromatic heterocycles. The monoisotopic (exact) mass is 666 g/mol. The Balaban J connectivity index is 8.00. The number of carboxylic acid groups (broad SMARTS) is 10. The van der Waals surface area contributed by atoms with Crippen LogP contribution in [0.2, 0.25) is 0 Å². The molecule has 0 aliphatic heterocycles. The van der Waals surface area contributed by atoms with Gasteiger partial charge in [-0.05, 0) is 32.1 Å². The summed E-state index contributed by atoms with van der Waals surface area (Å²) in [6, 6.07) is 0. The Kier molecular flexibility index (Phi) is 13.8. The molecule has 0 aliphatic rings. The van der Waals surface area contributed by atoms with Gasteiger partial charge in [-0.2, -0.15) is 0 Å². The van der Waals surface area contributed by atoms with Crippen LogP contribution >= 0.6 is 0 Å². The fourth-order valence-electron chi connectivity index (χ4n) is 5.92. The van der Waals surface area contributed by atoms with E-state index in [1.165, 1.54) is 0 Å². The fourth-order valence-corrected chi connectivity index (χ4v) is 5.92. The van der Waals surface area contributed by atoms with Crippen LogP contribution in [0, 0.1) is 27.6 Å². The topological polar surface area (TPSA) is 373 Å². The molecule has 0 aromatic rings. The van der Waals surface area contributed by atoms with Crippen molar-refractivity contribution in [1.29, 1.82) is 0 Å². The van der Waals surface area contributed by atoms with Crippen molar-refractivity contribution in [3.63, 3.8) is 0 Å². The number of carboxylic acids is 10. The Bertz CT molecular complexity index is 1290. The first-order valence-corrected chi connectivity index (χ1v) is 13.1. The van der Waals surface area contributed by atoms with Gasteiger partial charge in [-0.3, -0.25) is 47.9 Å². The smallest absolute Gasteiger partial charge is 0.310 e. The minimum absolute atomic E-state index is 0.685. The van der Waals surface area contributed by atoms with E-state index in [1.54, 1.807) is 0 Å². The second-order valence-corrected chi connectivity index (χ2v) is 11.3. The zero-order valence-electron chi connectivity index (χ0n) is 24.2. The lowest BCUT2D eigenvalue weighted by atomic mass is 9.56. The van der Waals surface area contributed by atoms with E-state index in [2.05, 4.69) is 0 Å². The number of aliphatic carboxylic acids is 10. The third kappa shape index (κ3) is 10.4. The Morgan fingerprint density at radius 1 is 0.435 bits per heavy atom. The van der Waals surface area contributed by atoms with E-state index < -0.39 is 151 Å². The molecule has 0 bridgehead atoms. The van der Waals surface area contributed by atoms with Gasteiger partial charge in [-0.1, -0.05) is 6.92 Å². The largest absolute Gasteiger partial charge is 0.481 e. The van der Waals surface area contributed by atoms with Crippen LogP contribution in [0.25, 0.3) is 0 Å². The first-order valence-electron chi connectivity index (χ1n) is 13.1. The van der Waals surface area contributed by atoms with Gasteiger partial charge in [0.1, 0.15) is 0 Å². The molecule has 0 amide bonds. The molecule has 5 unspecified atom stereocenters. The molecular formula is C26H34O20. The van der Waals surface area contributed by atoms with E-state index in [0.29, 0.717) is 0 Å². The minimum atomic E-state index is -3.32. The van der Waals surface area contributed by atoms with E-state index in [4.69, 9.17) is 5.11 Å². The summed E-state index contributed by atoms with van der Waals surface area (Å²) in [6.07, 6.45) is -14.8. The van der Waals surface area contributed by atoms with Gasteiger partial charge in [-0.15, -0.1) is 0 Å². The third-order valence-corrected chi connectivity index (χ3v) is 7.89. The SMILES string of the molecule is CCC(CC(=O)O)(CC(CC(=O)O)(CC(CC(=O)O)(CC(CC(=O)O)(CC(CC(=O)O)C(=O)O)C(=O)O)C(=O)O)C(=O)O)C(=O)O. The molecule has 0 aliphatic carbocycles. The molecule has 0 saturated heterocycles. The molecule has 0 saturated carbocycles. The summed E-state index contributed by atoms with van der Waals surface area (Å²) in [5.41, 5.74) is -12.3. The summed E-state index contributed by atoms with van der Waals surface area (Å²) in [7, 11) is 0. The van der Waals surface area contributed by atoms with Gasteiger partial charge in [0, 0.05) is 0 Å². The molecule has 0 heterocycles. The Labute approximate surface area is 257 Å². The van der Waals surface area contributed by atoms with Gasteiger partial charge in [0.05, 0.1) is 59.7 Å². The van der Waals surface area contributed by atoms with Crippen LogP contribution in [-0.2, 0) is 47.9 Å². The van der Waals surface area contributed by atoms with Crippen LogP contribution in [0.1, 0.15) is 71.1 Å². The standard InChI is InChI=1S/C26H34O20/c1-2-23(19(39)40,5-14(29)30)9-25(21(43)44,7-16(33)34)11-26(22(45)46,8-17(35)36)10-24(20(41)42,6-15(31)32)4-12(18(37)38)3-13(27)28/h12H,2-11H2,1H3,(H,27,28)(H,29,30)(H,31,32)(H,33,34)(H,35,36)(H,37,38)(H,39,40)(H,41,42)(H,43,44)(H,45,46). The average Bonchev–Trinajstić information content (AvgIpc) is 2.85. The highest BCUT2D eigenvalue weighted by Gasteiger charge is 2.60. The van der Waals surface area contributed by atoms with Crippen molar-refractivity contribution in [2.75, 3.05) is 0 Å². The normalized spacial score (nSPS) is 17.0. The predicted octanol–water partition coefficient (Wildman–Crippen LogP) is 0.315. The summed E-state index contributed by atoms with van der Waals surface area (Å²) in [6.45, 7) is 1.09. The lowest BCUT2D eigenvalue weighted by Crippen LogP contribution is -2.52. The van der Waals surface area contributed by atoms with Gasteiger partial charge in [0.15, 0.2) is 0 Å². The van der Waals surface area contributed by atoms with E-state index in [-0.39, 0.29) is 0 Å². The summed E-state index contributed by atoms with van der Waals surface area (Å²) >= 11 is 0. The molecular weight excluding hydrogens is 632 g/mol. The first-order chi connectivity index (χ1) is 20.8. The van der Waals surface area contributed by atoms with Gasteiger partial charge < -0.3 is 51.1 Å². The lowest BCUT2D eigenvalue weighted by Gasteiger charge is -2.44. The summed E-state index contributed by atoms with van der Waals surface area (Å²) in [4.78, 5) is 121. The van der Waals surface area contributed by atoms with Gasteiger partial charge in [-0.25, -0.2) is 0 Å². The average molecular weight is 667 g/mol. The Morgan fingerprint density at radius 3 is 0.978 bits per heavy atom. The fraction of sp³-hybridized carbons (Fsp3) is 0.615. The van der Waals surface area contributed by atoms with E-state index in [9.17, 15) is 93.9 Å². The number of carbonyl (C=O) groups is 10. The molecule has 10 N–H and O–H groups in total. The third-order valence-electron chi connectivity index (χ3n) is 7.89. The van der Waals surface area contributed by atoms with Gasteiger partial charge in [0.25, 0.3) is 0 Å². The summed E-state index contributed by atoms with van der Waals surface area (Å²) < 4.78 is 0. The van der Waals surface area contributed by atoms with E-state index in [0.717, 1.165) is 6.92 Å². The molecule has 46 heavy (non-hydrogen) atoms.